The van der Waals surface area contributed by atoms with Crippen LogP contribution in [0, 0.1) is 0 Å². The number of aromatic nitrogens is 1. The standard InChI is InChI=1S/C28H25F3N2O3/c1-36-27(35)24(15-19-7-3-2-4-8-19)32-26(34)16-21-18-33(25-10-6-5-9-23(21)25)17-20-11-13-22(14-12-20)28(29,30)31/h2-14,18,24H,15-17H2,1H3,(H,32,34). The van der Waals surface area contributed by atoms with Crippen molar-refractivity contribution in [2.75, 3.05) is 7.11 Å². The molecule has 0 aliphatic heterocycles. The highest BCUT2D eigenvalue weighted by Gasteiger charge is 2.30. The van der Waals surface area contributed by atoms with Crippen molar-refractivity contribution in [2.24, 2.45) is 0 Å². The van der Waals surface area contributed by atoms with Crippen LogP contribution in [-0.2, 0) is 39.9 Å². The van der Waals surface area contributed by atoms with E-state index in [9.17, 15) is 22.8 Å². The number of rotatable bonds is 8. The summed E-state index contributed by atoms with van der Waals surface area (Å²) in [5.74, 6) is -0.865. The number of para-hydroxylation sites is 1. The molecule has 4 aromatic rings. The summed E-state index contributed by atoms with van der Waals surface area (Å²) < 4.78 is 45.5. The molecule has 186 valence electrons. The van der Waals surface area contributed by atoms with E-state index < -0.39 is 23.8 Å². The molecule has 0 radical (unpaired) electrons. The van der Waals surface area contributed by atoms with Gasteiger partial charge in [0.15, 0.2) is 0 Å². The van der Waals surface area contributed by atoms with Gasteiger partial charge in [0.05, 0.1) is 19.1 Å². The monoisotopic (exact) mass is 494 g/mol. The number of alkyl halides is 3. The van der Waals surface area contributed by atoms with E-state index in [0.717, 1.165) is 34.2 Å². The highest BCUT2D eigenvalue weighted by molar-refractivity contribution is 5.91. The molecular weight excluding hydrogens is 469 g/mol. The van der Waals surface area contributed by atoms with Crippen LogP contribution in [0.3, 0.4) is 0 Å². The Morgan fingerprint density at radius 1 is 0.917 bits per heavy atom. The van der Waals surface area contributed by atoms with Crippen molar-refractivity contribution in [2.45, 2.75) is 31.6 Å². The zero-order valence-electron chi connectivity index (χ0n) is 19.6. The summed E-state index contributed by atoms with van der Waals surface area (Å²) in [4.78, 5) is 25.2. The average molecular weight is 495 g/mol. The van der Waals surface area contributed by atoms with Crippen LogP contribution in [-0.4, -0.2) is 29.6 Å². The fraction of sp³-hybridized carbons (Fsp3) is 0.214. The first kappa shape index (κ1) is 25.0. The molecule has 1 N–H and O–H groups in total. The smallest absolute Gasteiger partial charge is 0.416 e. The minimum Gasteiger partial charge on any atom is -0.467 e. The fourth-order valence-electron chi connectivity index (χ4n) is 4.19. The lowest BCUT2D eigenvalue weighted by atomic mass is 10.1. The zero-order chi connectivity index (χ0) is 25.7. The van der Waals surface area contributed by atoms with Crippen LogP contribution in [0.1, 0.15) is 22.3 Å². The molecule has 1 amide bonds. The number of fused-ring (bicyclic) bond motifs is 1. The Labute approximate surface area is 206 Å². The van der Waals surface area contributed by atoms with Crippen LogP contribution >= 0.6 is 0 Å². The van der Waals surface area contributed by atoms with Gasteiger partial charge in [0.1, 0.15) is 6.04 Å². The van der Waals surface area contributed by atoms with Gasteiger partial charge in [-0.1, -0.05) is 60.7 Å². The second kappa shape index (κ2) is 10.7. The van der Waals surface area contributed by atoms with Crippen LogP contribution in [0.25, 0.3) is 10.9 Å². The molecule has 8 heteroatoms. The van der Waals surface area contributed by atoms with Crippen LogP contribution in [0.5, 0.6) is 0 Å². The molecule has 0 aliphatic rings. The predicted molar refractivity (Wildman–Crippen MR) is 130 cm³/mol. The van der Waals surface area contributed by atoms with E-state index in [2.05, 4.69) is 5.32 Å². The Hall–Kier alpha value is -4.07. The molecule has 36 heavy (non-hydrogen) atoms. The number of benzene rings is 3. The van der Waals surface area contributed by atoms with Gasteiger partial charge in [0, 0.05) is 30.1 Å². The highest BCUT2D eigenvalue weighted by Crippen LogP contribution is 2.29. The van der Waals surface area contributed by atoms with Gasteiger partial charge in [0.25, 0.3) is 0 Å². The van der Waals surface area contributed by atoms with Gasteiger partial charge >= 0.3 is 12.1 Å². The number of ether oxygens (including phenoxy) is 1. The summed E-state index contributed by atoms with van der Waals surface area (Å²) >= 11 is 0. The molecule has 0 bridgehead atoms. The normalized spacial score (nSPS) is 12.3. The molecule has 0 aliphatic carbocycles. The highest BCUT2D eigenvalue weighted by atomic mass is 19.4. The van der Waals surface area contributed by atoms with Crippen molar-refractivity contribution < 1.29 is 27.5 Å². The molecule has 1 unspecified atom stereocenters. The Bertz CT molecular complexity index is 1350. The maximum absolute atomic E-state index is 12.9. The SMILES string of the molecule is COC(=O)C(Cc1ccccc1)NC(=O)Cc1cn(Cc2ccc(C(F)(F)F)cc2)c2ccccc12. The summed E-state index contributed by atoms with van der Waals surface area (Å²) in [5.41, 5.74) is 2.50. The number of esters is 1. The van der Waals surface area contributed by atoms with Gasteiger partial charge in [0.2, 0.25) is 5.91 Å². The van der Waals surface area contributed by atoms with E-state index in [1.54, 1.807) is 0 Å². The minimum atomic E-state index is -4.39. The summed E-state index contributed by atoms with van der Waals surface area (Å²) in [7, 11) is 1.28. The number of amides is 1. The van der Waals surface area contributed by atoms with Crippen molar-refractivity contribution in [3.63, 3.8) is 0 Å². The lowest BCUT2D eigenvalue weighted by Gasteiger charge is -2.16. The second-order valence-corrected chi connectivity index (χ2v) is 8.50. The van der Waals surface area contributed by atoms with Crippen LogP contribution in [0.15, 0.2) is 85.1 Å². The van der Waals surface area contributed by atoms with Gasteiger partial charge in [-0.15, -0.1) is 0 Å². The largest absolute Gasteiger partial charge is 0.467 e. The molecule has 0 spiro atoms. The lowest BCUT2D eigenvalue weighted by Crippen LogP contribution is -2.43. The van der Waals surface area contributed by atoms with Crippen LogP contribution < -0.4 is 5.32 Å². The third kappa shape index (κ3) is 5.94. The van der Waals surface area contributed by atoms with Gasteiger partial charge in [-0.05, 0) is 34.9 Å². The minimum absolute atomic E-state index is 0.0306. The van der Waals surface area contributed by atoms with Gasteiger partial charge < -0.3 is 14.6 Å². The second-order valence-electron chi connectivity index (χ2n) is 8.50. The molecular formula is C28H25F3N2O3. The van der Waals surface area contributed by atoms with E-state index in [0.29, 0.717) is 18.5 Å². The van der Waals surface area contributed by atoms with Gasteiger partial charge in [-0.2, -0.15) is 13.2 Å². The lowest BCUT2D eigenvalue weighted by molar-refractivity contribution is -0.145. The Morgan fingerprint density at radius 2 is 1.58 bits per heavy atom. The fourth-order valence-corrected chi connectivity index (χ4v) is 4.19. The predicted octanol–water partition coefficient (Wildman–Crippen LogP) is 5.15. The number of nitrogens with one attached hydrogen (secondary N) is 1. The van der Waals surface area contributed by atoms with E-state index in [1.807, 2.05) is 65.4 Å². The number of carbonyl (C=O) groups excluding carboxylic acids is 2. The number of nitrogens with zero attached hydrogens (tertiary/aromatic N) is 1. The third-order valence-electron chi connectivity index (χ3n) is 5.96. The molecule has 1 atom stereocenters. The first-order valence-corrected chi connectivity index (χ1v) is 11.4. The van der Waals surface area contributed by atoms with Crippen molar-refractivity contribution >= 4 is 22.8 Å². The summed E-state index contributed by atoms with van der Waals surface area (Å²) in [6.07, 6.45) is -2.23. The van der Waals surface area contributed by atoms with E-state index in [1.165, 1.54) is 19.2 Å². The van der Waals surface area contributed by atoms with Gasteiger partial charge in [-0.25, -0.2) is 4.79 Å². The van der Waals surface area contributed by atoms with Crippen molar-refractivity contribution in [1.29, 1.82) is 0 Å². The molecule has 5 nitrogen and oxygen atoms in total. The Balaban J connectivity index is 1.52. The van der Waals surface area contributed by atoms with Crippen molar-refractivity contribution in [1.82, 2.24) is 9.88 Å². The van der Waals surface area contributed by atoms with E-state index in [4.69, 9.17) is 4.74 Å². The van der Waals surface area contributed by atoms with Crippen LogP contribution in [0.2, 0.25) is 0 Å². The van der Waals surface area contributed by atoms with Crippen molar-refractivity contribution in [3.8, 4) is 0 Å². The van der Waals surface area contributed by atoms with Crippen molar-refractivity contribution in [3.05, 3.63) is 107 Å². The van der Waals surface area contributed by atoms with Crippen LogP contribution in [0.4, 0.5) is 13.2 Å². The Kier molecular flexibility index (Phi) is 7.43. The maximum Gasteiger partial charge on any atom is 0.416 e. The average Bonchev–Trinajstić information content (AvgIpc) is 3.20. The van der Waals surface area contributed by atoms with E-state index >= 15 is 0 Å². The topological polar surface area (TPSA) is 60.3 Å². The number of carbonyl (C=O) groups is 2. The van der Waals surface area contributed by atoms with E-state index in [-0.39, 0.29) is 12.3 Å². The van der Waals surface area contributed by atoms with Gasteiger partial charge in [-0.3, -0.25) is 4.79 Å². The molecule has 0 saturated heterocycles. The molecule has 1 heterocycles. The molecule has 1 aromatic heterocycles. The first-order valence-electron chi connectivity index (χ1n) is 11.4. The molecule has 3 aromatic carbocycles. The zero-order valence-corrected chi connectivity index (χ0v) is 19.6. The third-order valence-corrected chi connectivity index (χ3v) is 5.96. The first-order chi connectivity index (χ1) is 17.2. The number of hydrogen-bond acceptors (Lipinski definition) is 3. The quantitative estimate of drug-likeness (QED) is 0.345. The number of halogens is 3. The molecule has 4 rings (SSSR count). The summed E-state index contributed by atoms with van der Waals surface area (Å²) in [6, 6.07) is 21.0. The summed E-state index contributed by atoms with van der Waals surface area (Å²) in [5, 5.41) is 3.64. The summed E-state index contributed by atoms with van der Waals surface area (Å²) in [6.45, 7) is 0.346. The number of hydrogen-bond donors (Lipinski definition) is 1. The molecule has 0 fully saturated rings. The maximum atomic E-state index is 12.9. The Morgan fingerprint density at radius 3 is 2.25 bits per heavy atom. The molecule has 0 saturated carbocycles. The number of methoxy groups -OCH3 is 1.